The summed E-state index contributed by atoms with van der Waals surface area (Å²) in [6.45, 7) is 0. The van der Waals surface area contributed by atoms with Gasteiger partial charge in [0.25, 0.3) is 0 Å². The van der Waals surface area contributed by atoms with Crippen molar-refractivity contribution in [3.63, 3.8) is 0 Å². The maximum absolute atomic E-state index is 13.5. The maximum atomic E-state index is 13.5. The second-order valence-electron chi connectivity index (χ2n) is 4.08. The molecule has 0 bridgehead atoms. The molecular formula is C11H14BrClFNO. The highest BCUT2D eigenvalue weighted by atomic mass is 79.9. The molecule has 0 aliphatic heterocycles. The van der Waals surface area contributed by atoms with Gasteiger partial charge in [0.05, 0.1) is 4.47 Å². The van der Waals surface area contributed by atoms with Gasteiger partial charge in [0.1, 0.15) is 11.6 Å². The largest absolute Gasteiger partial charge is 0.506 e. The smallest absolute Gasteiger partial charge is 0.137 e. The summed E-state index contributed by atoms with van der Waals surface area (Å²) in [7, 11) is 0. The number of phenolic OH excluding ortho intramolecular Hbond substituents is 1. The lowest BCUT2D eigenvalue weighted by atomic mass is 10.0. The average Bonchev–Trinajstić information content (AvgIpc) is 2.96. The standard InChI is InChI=1S/C11H13BrFNO.ClH/c12-7-3-4-8(13)10(11(7)15)9(14)5-6-1-2-6;/h3-4,6,9,15H,1-2,5,14H2;1H/t9-;/m1./s1. The second-order valence-corrected chi connectivity index (χ2v) is 4.93. The minimum absolute atomic E-state index is 0. The van der Waals surface area contributed by atoms with E-state index in [0.717, 1.165) is 6.42 Å². The summed E-state index contributed by atoms with van der Waals surface area (Å²) in [6.07, 6.45) is 3.09. The van der Waals surface area contributed by atoms with Crippen LogP contribution in [0.1, 0.15) is 30.9 Å². The minimum Gasteiger partial charge on any atom is -0.506 e. The van der Waals surface area contributed by atoms with E-state index < -0.39 is 11.9 Å². The molecule has 2 rings (SSSR count). The van der Waals surface area contributed by atoms with E-state index in [0.29, 0.717) is 10.4 Å². The molecule has 1 aliphatic rings. The number of aromatic hydroxyl groups is 1. The van der Waals surface area contributed by atoms with E-state index >= 15 is 0 Å². The van der Waals surface area contributed by atoms with Gasteiger partial charge in [-0.3, -0.25) is 0 Å². The van der Waals surface area contributed by atoms with Crippen LogP contribution in [0.3, 0.4) is 0 Å². The van der Waals surface area contributed by atoms with Crippen molar-refractivity contribution in [3.05, 3.63) is 28.0 Å². The van der Waals surface area contributed by atoms with Crippen molar-refractivity contribution in [3.8, 4) is 5.75 Å². The van der Waals surface area contributed by atoms with E-state index in [1.807, 2.05) is 0 Å². The van der Waals surface area contributed by atoms with Crippen LogP contribution in [0.5, 0.6) is 5.75 Å². The molecule has 1 aromatic carbocycles. The highest BCUT2D eigenvalue weighted by molar-refractivity contribution is 9.10. The summed E-state index contributed by atoms with van der Waals surface area (Å²) in [4.78, 5) is 0. The van der Waals surface area contributed by atoms with Crippen LogP contribution in [0, 0.1) is 11.7 Å². The molecule has 90 valence electrons. The fourth-order valence-corrected chi connectivity index (χ4v) is 2.09. The van der Waals surface area contributed by atoms with Crippen LogP contribution >= 0.6 is 28.3 Å². The molecule has 0 spiro atoms. The lowest BCUT2D eigenvalue weighted by Crippen LogP contribution is -2.13. The normalized spacial score (nSPS) is 16.7. The number of rotatable bonds is 3. The molecule has 1 aliphatic carbocycles. The third-order valence-electron chi connectivity index (χ3n) is 2.77. The molecule has 0 amide bonds. The van der Waals surface area contributed by atoms with E-state index in [2.05, 4.69) is 15.9 Å². The van der Waals surface area contributed by atoms with E-state index in [9.17, 15) is 9.50 Å². The molecule has 1 aromatic rings. The number of halogens is 3. The molecule has 5 heteroatoms. The quantitative estimate of drug-likeness (QED) is 0.897. The zero-order valence-electron chi connectivity index (χ0n) is 8.62. The van der Waals surface area contributed by atoms with Gasteiger partial charge in [-0.15, -0.1) is 12.4 Å². The Morgan fingerprint density at radius 2 is 2.12 bits per heavy atom. The van der Waals surface area contributed by atoms with Crippen LogP contribution < -0.4 is 5.73 Å². The van der Waals surface area contributed by atoms with Crippen LogP contribution in [-0.2, 0) is 0 Å². The van der Waals surface area contributed by atoms with Crippen molar-refractivity contribution < 1.29 is 9.50 Å². The van der Waals surface area contributed by atoms with Gasteiger partial charge in [-0.25, -0.2) is 4.39 Å². The van der Waals surface area contributed by atoms with Crippen LogP contribution in [0.25, 0.3) is 0 Å². The lowest BCUT2D eigenvalue weighted by molar-refractivity contribution is 0.438. The molecule has 0 aromatic heterocycles. The topological polar surface area (TPSA) is 46.2 Å². The third kappa shape index (κ3) is 2.87. The van der Waals surface area contributed by atoms with E-state index in [-0.39, 0.29) is 23.7 Å². The van der Waals surface area contributed by atoms with E-state index in [1.165, 1.54) is 25.0 Å². The van der Waals surface area contributed by atoms with Crippen molar-refractivity contribution in [2.45, 2.75) is 25.3 Å². The molecule has 3 N–H and O–H groups in total. The molecule has 16 heavy (non-hydrogen) atoms. The number of nitrogens with two attached hydrogens (primary N) is 1. The monoisotopic (exact) mass is 309 g/mol. The van der Waals surface area contributed by atoms with Crippen molar-refractivity contribution in [1.29, 1.82) is 0 Å². The molecule has 0 heterocycles. The van der Waals surface area contributed by atoms with Gasteiger partial charge in [0, 0.05) is 11.6 Å². The van der Waals surface area contributed by atoms with Gasteiger partial charge in [-0.1, -0.05) is 12.8 Å². The van der Waals surface area contributed by atoms with Crippen molar-refractivity contribution >= 4 is 28.3 Å². The third-order valence-corrected chi connectivity index (χ3v) is 3.41. The highest BCUT2D eigenvalue weighted by Gasteiger charge is 2.27. The summed E-state index contributed by atoms with van der Waals surface area (Å²) in [5, 5.41) is 9.72. The summed E-state index contributed by atoms with van der Waals surface area (Å²) >= 11 is 3.16. The Morgan fingerprint density at radius 1 is 1.50 bits per heavy atom. The fourth-order valence-electron chi connectivity index (χ4n) is 1.74. The first-order valence-corrected chi connectivity index (χ1v) is 5.81. The Labute approximate surface area is 109 Å². The molecule has 1 atom stereocenters. The Bertz CT molecular complexity index is 384. The van der Waals surface area contributed by atoms with Crippen LogP contribution in [0.15, 0.2) is 16.6 Å². The van der Waals surface area contributed by atoms with Crippen molar-refractivity contribution in [2.24, 2.45) is 11.7 Å². The summed E-state index contributed by atoms with van der Waals surface area (Å²) in [6, 6.07) is 2.40. The van der Waals surface area contributed by atoms with Crippen LogP contribution in [0.2, 0.25) is 0 Å². The Morgan fingerprint density at radius 3 is 2.69 bits per heavy atom. The van der Waals surface area contributed by atoms with Gasteiger partial charge in [-0.05, 0) is 40.4 Å². The Balaban J connectivity index is 0.00000128. The second kappa shape index (κ2) is 5.34. The fraction of sp³-hybridized carbons (Fsp3) is 0.455. The molecule has 1 saturated carbocycles. The average molecular weight is 311 g/mol. The number of benzene rings is 1. The summed E-state index contributed by atoms with van der Waals surface area (Å²) in [5.41, 5.74) is 6.12. The number of hydrogen-bond donors (Lipinski definition) is 2. The molecule has 1 fully saturated rings. The number of phenols is 1. The van der Waals surface area contributed by atoms with Gasteiger partial charge in [-0.2, -0.15) is 0 Å². The first-order valence-electron chi connectivity index (χ1n) is 5.02. The number of hydrogen-bond acceptors (Lipinski definition) is 2. The predicted molar refractivity (Wildman–Crippen MR) is 67.3 cm³/mol. The van der Waals surface area contributed by atoms with E-state index in [4.69, 9.17) is 5.73 Å². The predicted octanol–water partition coefficient (Wildman–Crippen LogP) is 3.52. The van der Waals surface area contributed by atoms with Gasteiger partial charge in [0.15, 0.2) is 0 Å². The Hall–Kier alpha value is -0.320. The zero-order valence-corrected chi connectivity index (χ0v) is 11.0. The van der Waals surface area contributed by atoms with Gasteiger partial charge < -0.3 is 10.8 Å². The van der Waals surface area contributed by atoms with Gasteiger partial charge in [0.2, 0.25) is 0 Å². The summed E-state index contributed by atoms with van der Waals surface area (Å²) < 4.78 is 14.0. The first-order chi connectivity index (χ1) is 7.09. The molecule has 0 unspecified atom stereocenters. The maximum Gasteiger partial charge on any atom is 0.137 e. The van der Waals surface area contributed by atoms with Crippen molar-refractivity contribution in [1.82, 2.24) is 0 Å². The minimum atomic E-state index is -0.427. The van der Waals surface area contributed by atoms with Crippen molar-refractivity contribution in [2.75, 3.05) is 0 Å². The summed E-state index contributed by atoms with van der Waals surface area (Å²) in [5.74, 6) is 0.116. The Kier molecular flexibility index (Phi) is 4.59. The molecule has 0 radical (unpaired) electrons. The molecular weight excluding hydrogens is 296 g/mol. The first kappa shape index (κ1) is 13.7. The van der Waals surface area contributed by atoms with Crippen LogP contribution in [0.4, 0.5) is 4.39 Å². The van der Waals surface area contributed by atoms with Crippen LogP contribution in [-0.4, -0.2) is 5.11 Å². The molecule has 2 nitrogen and oxygen atoms in total. The van der Waals surface area contributed by atoms with E-state index in [1.54, 1.807) is 0 Å². The zero-order chi connectivity index (χ0) is 11.0. The van der Waals surface area contributed by atoms with Gasteiger partial charge >= 0.3 is 0 Å². The lowest BCUT2D eigenvalue weighted by Gasteiger charge is -2.14. The molecule has 0 saturated heterocycles. The highest BCUT2D eigenvalue weighted by Crippen LogP contribution is 2.40. The SMILES string of the molecule is Cl.N[C@H](CC1CC1)c1c(F)ccc(Br)c1O.